The first kappa shape index (κ1) is 11.9. The number of hydrogen-bond donors (Lipinski definition) is 0. The molecule has 0 fully saturated rings. The molecule has 0 aliphatic rings. The van der Waals surface area contributed by atoms with Gasteiger partial charge in [-0.3, -0.25) is 0 Å². The van der Waals surface area contributed by atoms with Gasteiger partial charge in [0.2, 0.25) is 0 Å². The second kappa shape index (κ2) is 6.41. The second-order valence-electron chi connectivity index (χ2n) is 3.52. The molecule has 1 atom stereocenters. The van der Waals surface area contributed by atoms with Crippen LogP contribution < -0.4 is 0 Å². The van der Waals surface area contributed by atoms with Crippen LogP contribution in [0.5, 0.6) is 0 Å². The Balaban J connectivity index is 3.61. The van der Waals surface area contributed by atoms with Gasteiger partial charge in [-0.2, -0.15) is 0 Å². The van der Waals surface area contributed by atoms with Gasteiger partial charge in [-0.05, 0) is 33.2 Å². The fourth-order valence-electron chi connectivity index (χ4n) is 1.48. The average Bonchev–Trinajstić information content (AvgIpc) is 2.03. The standard InChI is InChI=1S/C10H22FN/c1-5-10(6-2)12(4)8-7-9(3)11/h9-10H,5-8H2,1-4H3. The molecule has 1 unspecified atom stereocenters. The summed E-state index contributed by atoms with van der Waals surface area (Å²) in [6.45, 7) is 6.87. The minimum Gasteiger partial charge on any atom is -0.303 e. The highest BCUT2D eigenvalue weighted by molar-refractivity contribution is 4.65. The van der Waals surface area contributed by atoms with Crippen LogP contribution in [-0.4, -0.2) is 30.7 Å². The maximum absolute atomic E-state index is 12.5. The average molecular weight is 175 g/mol. The van der Waals surface area contributed by atoms with Gasteiger partial charge in [0, 0.05) is 12.6 Å². The number of alkyl halides is 1. The van der Waals surface area contributed by atoms with E-state index in [1.807, 2.05) is 0 Å². The normalized spacial score (nSPS) is 14.2. The molecule has 1 nitrogen and oxygen atoms in total. The molecule has 0 saturated heterocycles. The Labute approximate surface area is 75.9 Å². The molecular weight excluding hydrogens is 153 g/mol. The molecule has 0 amide bonds. The Morgan fingerprint density at radius 3 is 2.08 bits per heavy atom. The Hall–Kier alpha value is -0.110. The molecule has 0 spiro atoms. The minimum absolute atomic E-state index is 0.628. The highest BCUT2D eigenvalue weighted by Gasteiger charge is 2.10. The van der Waals surface area contributed by atoms with Crippen LogP contribution in [0.25, 0.3) is 0 Å². The molecule has 0 saturated carbocycles. The molecule has 0 rings (SSSR count). The molecule has 0 N–H and O–H groups in total. The van der Waals surface area contributed by atoms with E-state index in [1.54, 1.807) is 6.92 Å². The van der Waals surface area contributed by atoms with Gasteiger partial charge in [0.25, 0.3) is 0 Å². The molecule has 12 heavy (non-hydrogen) atoms. The zero-order valence-corrected chi connectivity index (χ0v) is 8.81. The van der Waals surface area contributed by atoms with Crippen molar-refractivity contribution in [3.8, 4) is 0 Å². The number of nitrogens with zero attached hydrogens (tertiary/aromatic N) is 1. The highest BCUT2D eigenvalue weighted by Crippen LogP contribution is 2.07. The maximum Gasteiger partial charge on any atom is 0.0985 e. The topological polar surface area (TPSA) is 3.24 Å². The molecule has 74 valence electrons. The van der Waals surface area contributed by atoms with E-state index in [0.717, 1.165) is 19.4 Å². The molecule has 0 aliphatic heterocycles. The van der Waals surface area contributed by atoms with Crippen molar-refractivity contribution >= 4 is 0 Å². The van der Waals surface area contributed by atoms with E-state index >= 15 is 0 Å². The van der Waals surface area contributed by atoms with Crippen LogP contribution >= 0.6 is 0 Å². The molecule has 0 aromatic heterocycles. The van der Waals surface area contributed by atoms with E-state index in [0.29, 0.717) is 12.5 Å². The van der Waals surface area contributed by atoms with Crippen LogP contribution in [0.1, 0.15) is 40.0 Å². The van der Waals surface area contributed by atoms with Gasteiger partial charge < -0.3 is 4.90 Å². The van der Waals surface area contributed by atoms with Crippen LogP contribution in [0.4, 0.5) is 4.39 Å². The van der Waals surface area contributed by atoms with E-state index in [1.165, 1.54) is 0 Å². The van der Waals surface area contributed by atoms with Gasteiger partial charge in [-0.15, -0.1) is 0 Å². The SMILES string of the molecule is CCC(CC)N(C)CCC(C)F. The predicted octanol–water partition coefficient (Wildman–Crippen LogP) is 2.85. The third kappa shape index (κ3) is 4.70. The van der Waals surface area contributed by atoms with Crippen LogP contribution in [0.15, 0.2) is 0 Å². The van der Waals surface area contributed by atoms with Crippen molar-refractivity contribution in [3.05, 3.63) is 0 Å². The lowest BCUT2D eigenvalue weighted by Gasteiger charge is -2.26. The first-order valence-corrected chi connectivity index (χ1v) is 4.96. The van der Waals surface area contributed by atoms with Crippen LogP contribution in [0.2, 0.25) is 0 Å². The summed E-state index contributed by atoms with van der Waals surface area (Å²) in [6, 6.07) is 0.628. The monoisotopic (exact) mass is 175 g/mol. The van der Waals surface area contributed by atoms with Crippen molar-refractivity contribution in [3.63, 3.8) is 0 Å². The van der Waals surface area contributed by atoms with Gasteiger partial charge >= 0.3 is 0 Å². The molecule has 0 aliphatic carbocycles. The quantitative estimate of drug-likeness (QED) is 0.600. The summed E-state index contributed by atoms with van der Waals surface area (Å²) in [7, 11) is 2.08. The summed E-state index contributed by atoms with van der Waals surface area (Å²) in [6.07, 6.45) is 2.32. The summed E-state index contributed by atoms with van der Waals surface area (Å²) in [5, 5.41) is 0. The number of halogens is 1. The molecular formula is C10H22FN. The third-order valence-electron chi connectivity index (χ3n) is 2.45. The zero-order chi connectivity index (χ0) is 9.56. The molecule has 0 heterocycles. The van der Waals surface area contributed by atoms with E-state index in [9.17, 15) is 4.39 Å². The van der Waals surface area contributed by atoms with Crippen molar-refractivity contribution in [2.24, 2.45) is 0 Å². The van der Waals surface area contributed by atoms with Crippen LogP contribution in [0.3, 0.4) is 0 Å². The summed E-state index contributed by atoms with van der Waals surface area (Å²) < 4.78 is 12.5. The van der Waals surface area contributed by atoms with Crippen molar-refractivity contribution < 1.29 is 4.39 Å². The van der Waals surface area contributed by atoms with E-state index in [2.05, 4.69) is 25.8 Å². The first-order chi connectivity index (χ1) is 5.61. The van der Waals surface area contributed by atoms with E-state index < -0.39 is 6.17 Å². The Bertz CT molecular complexity index is 100. The van der Waals surface area contributed by atoms with Crippen molar-refractivity contribution in [1.29, 1.82) is 0 Å². The van der Waals surface area contributed by atoms with Gasteiger partial charge in [0.1, 0.15) is 0 Å². The van der Waals surface area contributed by atoms with Gasteiger partial charge in [0.05, 0.1) is 6.17 Å². The van der Waals surface area contributed by atoms with E-state index in [4.69, 9.17) is 0 Å². The van der Waals surface area contributed by atoms with Crippen molar-refractivity contribution in [1.82, 2.24) is 4.90 Å². The summed E-state index contributed by atoms with van der Waals surface area (Å²) in [4.78, 5) is 2.26. The first-order valence-electron chi connectivity index (χ1n) is 4.96. The van der Waals surface area contributed by atoms with Gasteiger partial charge in [-0.25, -0.2) is 4.39 Å². The van der Waals surface area contributed by atoms with Gasteiger partial charge in [-0.1, -0.05) is 13.8 Å². The number of hydrogen-bond acceptors (Lipinski definition) is 1. The lowest BCUT2D eigenvalue weighted by atomic mass is 10.1. The number of rotatable bonds is 6. The fraction of sp³-hybridized carbons (Fsp3) is 1.00. The summed E-state index contributed by atoms with van der Waals surface area (Å²) >= 11 is 0. The Morgan fingerprint density at radius 1 is 1.25 bits per heavy atom. The summed E-state index contributed by atoms with van der Waals surface area (Å²) in [5.41, 5.74) is 0. The smallest absolute Gasteiger partial charge is 0.0985 e. The predicted molar refractivity (Wildman–Crippen MR) is 52.2 cm³/mol. The maximum atomic E-state index is 12.5. The molecule has 0 aromatic carbocycles. The van der Waals surface area contributed by atoms with E-state index in [-0.39, 0.29) is 0 Å². The zero-order valence-electron chi connectivity index (χ0n) is 8.81. The third-order valence-corrected chi connectivity index (χ3v) is 2.45. The van der Waals surface area contributed by atoms with Crippen molar-refractivity contribution in [2.45, 2.75) is 52.2 Å². The Morgan fingerprint density at radius 2 is 1.75 bits per heavy atom. The lowest BCUT2D eigenvalue weighted by molar-refractivity contribution is 0.202. The molecule has 0 bridgehead atoms. The molecule has 2 heteroatoms. The fourth-order valence-corrected chi connectivity index (χ4v) is 1.48. The van der Waals surface area contributed by atoms with Crippen LogP contribution in [0, 0.1) is 0 Å². The lowest BCUT2D eigenvalue weighted by Crippen LogP contribution is -2.32. The molecule has 0 radical (unpaired) electrons. The van der Waals surface area contributed by atoms with Crippen LogP contribution in [-0.2, 0) is 0 Å². The Kier molecular flexibility index (Phi) is 6.35. The second-order valence-corrected chi connectivity index (χ2v) is 3.52. The largest absolute Gasteiger partial charge is 0.303 e. The van der Waals surface area contributed by atoms with Gasteiger partial charge in [0.15, 0.2) is 0 Å². The highest BCUT2D eigenvalue weighted by atomic mass is 19.1. The summed E-state index contributed by atoms with van der Waals surface area (Å²) in [5.74, 6) is 0. The molecule has 0 aromatic rings. The van der Waals surface area contributed by atoms with Crippen molar-refractivity contribution in [2.75, 3.05) is 13.6 Å². The minimum atomic E-state index is -0.665.